The fourth-order valence-corrected chi connectivity index (χ4v) is 2.31. The monoisotopic (exact) mass is 260 g/mol. The normalized spacial score (nSPS) is 21.1. The fraction of sp³-hybridized carbons (Fsp3) is 0.250. The number of nitrogen functional groups attached to an aromatic ring is 1. The van der Waals surface area contributed by atoms with Crippen molar-refractivity contribution in [2.24, 2.45) is 0 Å². The number of anilines is 1. The third-order valence-corrected chi connectivity index (χ3v) is 3.22. The zero-order chi connectivity index (χ0) is 13.4. The van der Waals surface area contributed by atoms with Crippen molar-refractivity contribution in [3.63, 3.8) is 0 Å². The Morgan fingerprint density at radius 2 is 2.21 bits per heavy atom. The second-order valence-electron chi connectivity index (χ2n) is 4.42. The largest absolute Gasteiger partial charge is 0.390 e. The molecular weight excluding hydrogens is 248 g/mol. The van der Waals surface area contributed by atoms with Crippen LogP contribution in [0, 0.1) is 0 Å². The Bertz CT molecular complexity index is 625. The highest BCUT2D eigenvalue weighted by atomic mass is 16.6. The molecule has 0 spiro atoms. The van der Waals surface area contributed by atoms with Crippen molar-refractivity contribution < 1.29 is 14.5 Å². The first-order chi connectivity index (χ1) is 9.16. The average molecular weight is 260 g/mol. The summed E-state index contributed by atoms with van der Waals surface area (Å²) in [4.78, 5) is 12.0. The molecular formula is C12H12N4O3. The predicted molar refractivity (Wildman–Crippen MR) is 65.1 cm³/mol. The minimum atomic E-state index is -0.664. The lowest BCUT2D eigenvalue weighted by molar-refractivity contribution is 0.0849. The zero-order valence-electron chi connectivity index (χ0n) is 9.91. The molecule has 1 aromatic heterocycles. The van der Waals surface area contributed by atoms with Gasteiger partial charge in [-0.25, -0.2) is 4.63 Å². The Balaban J connectivity index is 1.84. The van der Waals surface area contributed by atoms with Gasteiger partial charge in [0.15, 0.2) is 0 Å². The number of hydrogen-bond acceptors (Lipinski definition) is 6. The summed E-state index contributed by atoms with van der Waals surface area (Å²) in [6.07, 6.45) is -0.157. The highest BCUT2D eigenvalue weighted by molar-refractivity contribution is 5.96. The van der Waals surface area contributed by atoms with Crippen molar-refractivity contribution in [1.29, 1.82) is 0 Å². The van der Waals surface area contributed by atoms with Crippen molar-refractivity contribution in [2.45, 2.75) is 18.6 Å². The van der Waals surface area contributed by atoms with Gasteiger partial charge in [-0.3, -0.25) is 4.79 Å². The number of benzene rings is 1. The number of nitrogens with zero attached hydrogens (tertiary/aromatic N) is 2. The number of amides is 1. The van der Waals surface area contributed by atoms with Crippen LogP contribution in [0.1, 0.15) is 27.7 Å². The molecule has 0 fully saturated rings. The summed E-state index contributed by atoms with van der Waals surface area (Å²) in [5, 5.41) is 19.5. The number of nitrogens with two attached hydrogens (primary N) is 1. The molecule has 7 nitrogen and oxygen atoms in total. The van der Waals surface area contributed by atoms with E-state index in [1.54, 1.807) is 0 Å². The Morgan fingerprint density at radius 3 is 2.95 bits per heavy atom. The summed E-state index contributed by atoms with van der Waals surface area (Å²) < 4.78 is 4.38. The Labute approximate surface area is 108 Å². The van der Waals surface area contributed by atoms with Gasteiger partial charge in [0.2, 0.25) is 11.5 Å². The molecule has 7 heteroatoms. The second-order valence-corrected chi connectivity index (χ2v) is 4.42. The van der Waals surface area contributed by atoms with E-state index in [-0.39, 0.29) is 11.5 Å². The summed E-state index contributed by atoms with van der Waals surface area (Å²) in [5.41, 5.74) is 7.30. The molecule has 2 atom stereocenters. The second kappa shape index (κ2) is 4.36. The Kier molecular flexibility index (Phi) is 2.68. The third-order valence-electron chi connectivity index (χ3n) is 3.22. The third kappa shape index (κ3) is 1.93. The standard InChI is InChI=1S/C12H12N4O3/c13-11-10(15-19-16-11)12(18)14-9-7-4-2-1-3-6(7)5-8(9)17/h1-4,8-9,17H,5H2,(H2,13,16)(H,14,18)/t8-,9+/m1/s1. The minimum absolute atomic E-state index is 0.0710. The number of rotatable bonds is 2. The van der Waals surface area contributed by atoms with Gasteiger partial charge in [-0.05, 0) is 21.4 Å². The van der Waals surface area contributed by atoms with Crippen LogP contribution in [0.5, 0.6) is 0 Å². The molecule has 19 heavy (non-hydrogen) atoms. The van der Waals surface area contributed by atoms with E-state index in [1.807, 2.05) is 24.3 Å². The maximum Gasteiger partial charge on any atom is 0.278 e. The van der Waals surface area contributed by atoms with Crippen LogP contribution in [0.25, 0.3) is 0 Å². The van der Waals surface area contributed by atoms with E-state index in [1.165, 1.54) is 0 Å². The lowest BCUT2D eigenvalue weighted by Crippen LogP contribution is -2.34. The molecule has 0 saturated carbocycles. The number of aliphatic hydroxyl groups is 1. The maximum atomic E-state index is 12.0. The fourth-order valence-electron chi connectivity index (χ4n) is 2.31. The zero-order valence-corrected chi connectivity index (χ0v) is 9.91. The molecule has 0 bridgehead atoms. The van der Waals surface area contributed by atoms with Crippen LogP contribution in [0.15, 0.2) is 28.9 Å². The van der Waals surface area contributed by atoms with E-state index in [4.69, 9.17) is 5.73 Å². The maximum absolute atomic E-state index is 12.0. The van der Waals surface area contributed by atoms with Crippen molar-refractivity contribution in [2.75, 3.05) is 5.73 Å². The van der Waals surface area contributed by atoms with Crippen LogP contribution in [-0.2, 0) is 6.42 Å². The average Bonchev–Trinajstić information content (AvgIpc) is 2.94. The summed E-state index contributed by atoms with van der Waals surface area (Å²) in [6, 6.07) is 7.09. The van der Waals surface area contributed by atoms with Gasteiger partial charge >= 0.3 is 0 Å². The van der Waals surface area contributed by atoms with Crippen LogP contribution >= 0.6 is 0 Å². The summed E-state index contributed by atoms with van der Waals surface area (Å²) in [5.74, 6) is -0.585. The quantitative estimate of drug-likeness (QED) is 0.702. The van der Waals surface area contributed by atoms with Gasteiger partial charge in [0.1, 0.15) is 0 Å². The highest BCUT2D eigenvalue weighted by Crippen LogP contribution is 2.31. The van der Waals surface area contributed by atoms with Crippen LogP contribution in [0.2, 0.25) is 0 Å². The minimum Gasteiger partial charge on any atom is -0.390 e. The number of carbonyl (C=O) groups excluding carboxylic acids is 1. The lowest BCUT2D eigenvalue weighted by atomic mass is 10.1. The molecule has 1 heterocycles. The Hall–Kier alpha value is -2.41. The highest BCUT2D eigenvalue weighted by Gasteiger charge is 2.33. The van der Waals surface area contributed by atoms with Gasteiger partial charge in [-0.15, -0.1) is 0 Å². The van der Waals surface area contributed by atoms with E-state index >= 15 is 0 Å². The topological polar surface area (TPSA) is 114 Å². The van der Waals surface area contributed by atoms with Gasteiger partial charge in [0.25, 0.3) is 5.91 Å². The van der Waals surface area contributed by atoms with Crippen LogP contribution < -0.4 is 11.1 Å². The summed E-state index contributed by atoms with van der Waals surface area (Å²) >= 11 is 0. The molecule has 0 radical (unpaired) electrons. The first kappa shape index (κ1) is 11.7. The predicted octanol–water partition coefficient (Wildman–Crippen LogP) is 0.0399. The van der Waals surface area contributed by atoms with Crippen molar-refractivity contribution in [3.05, 3.63) is 41.1 Å². The van der Waals surface area contributed by atoms with E-state index in [0.29, 0.717) is 6.42 Å². The van der Waals surface area contributed by atoms with Crippen molar-refractivity contribution in [1.82, 2.24) is 15.6 Å². The van der Waals surface area contributed by atoms with Gasteiger partial charge in [0.05, 0.1) is 12.1 Å². The molecule has 1 aliphatic rings. The van der Waals surface area contributed by atoms with E-state index in [0.717, 1.165) is 11.1 Å². The number of hydrogen-bond donors (Lipinski definition) is 3. The first-order valence-electron chi connectivity index (χ1n) is 5.81. The summed E-state index contributed by atoms with van der Waals surface area (Å²) in [7, 11) is 0. The first-order valence-corrected chi connectivity index (χ1v) is 5.81. The molecule has 0 unspecified atom stereocenters. The molecule has 3 rings (SSSR count). The molecule has 0 aliphatic heterocycles. The van der Waals surface area contributed by atoms with Crippen LogP contribution in [0.3, 0.4) is 0 Å². The van der Waals surface area contributed by atoms with E-state index in [9.17, 15) is 9.90 Å². The number of aromatic nitrogens is 2. The molecule has 1 aromatic carbocycles. The van der Waals surface area contributed by atoms with Crippen LogP contribution in [0.4, 0.5) is 5.82 Å². The van der Waals surface area contributed by atoms with Gasteiger partial charge in [-0.2, -0.15) is 0 Å². The van der Waals surface area contributed by atoms with Gasteiger partial charge < -0.3 is 16.2 Å². The number of carbonyl (C=O) groups is 1. The smallest absolute Gasteiger partial charge is 0.278 e. The SMILES string of the molecule is Nc1nonc1C(=O)N[C@H]1c2ccccc2C[C@H]1O. The molecule has 2 aromatic rings. The lowest BCUT2D eigenvalue weighted by Gasteiger charge is -2.16. The number of fused-ring (bicyclic) bond motifs is 1. The van der Waals surface area contributed by atoms with Crippen molar-refractivity contribution >= 4 is 11.7 Å². The molecule has 1 amide bonds. The van der Waals surface area contributed by atoms with Gasteiger partial charge in [0, 0.05) is 6.42 Å². The number of aliphatic hydroxyl groups excluding tert-OH is 1. The van der Waals surface area contributed by atoms with Crippen molar-refractivity contribution in [3.8, 4) is 0 Å². The van der Waals surface area contributed by atoms with E-state index in [2.05, 4.69) is 20.3 Å². The molecule has 98 valence electrons. The Morgan fingerprint density at radius 1 is 1.42 bits per heavy atom. The summed E-state index contributed by atoms with van der Waals surface area (Å²) in [6.45, 7) is 0. The molecule has 4 N–H and O–H groups in total. The molecule has 0 saturated heterocycles. The molecule has 1 aliphatic carbocycles. The number of nitrogens with one attached hydrogen (secondary N) is 1. The van der Waals surface area contributed by atoms with E-state index < -0.39 is 18.1 Å². The van der Waals surface area contributed by atoms with Gasteiger partial charge in [-0.1, -0.05) is 24.3 Å². The van der Waals surface area contributed by atoms with Crippen LogP contribution in [-0.4, -0.2) is 27.4 Å².